The zero-order valence-corrected chi connectivity index (χ0v) is 19.2. The highest BCUT2D eigenvalue weighted by Gasteiger charge is 2.42. The van der Waals surface area contributed by atoms with Crippen molar-refractivity contribution in [1.82, 2.24) is 9.46 Å². The lowest BCUT2D eigenvalue weighted by Gasteiger charge is -2.22. The number of carbonyl (C=O) groups is 1. The van der Waals surface area contributed by atoms with Crippen LogP contribution < -0.4 is 5.63 Å². The highest BCUT2D eigenvalue weighted by atomic mass is 32.2. The van der Waals surface area contributed by atoms with E-state index < -0.39 is 27.7 Å². The van der Waals surface area contributed by atoms with Crippen molar-refractivity contribution in [3.8, 4) is 0 Å². The van der Waals surface area contributed by atoms with Gasteiger partial charge in [-0.2, -0.15) is 4.31 Å². The Bertz CT molecular complexity index is 1400. The summed E-state index contributed by atoms with van der Waals surface area (Å²) in [5.41, 5.74) is 3.12. The summed E-state index contributed by atoms with van der Waals surface area (Å²) in [6.07, 6.45) is 3.85. The van der Waals surface area contributed by atoms with Crippen molar-refractivity contribution in [2.24, 2.45) is 0 Å². The summed E-state index contributed by atoms with van der Waals surface area (Å²) in [7, 11) is -3.97. The predicted molar refractivity (Wildman–Crippen MR) is 117 cm³/mol. The molecule has 33 heavy (non-hydrogen) atoms. The van der Waals surface area contributed by atoms with Crippen LogP contribution >= 0.6 is 0 Å². The van der Waals surface area contributed by atoms with Crippen molar-refractivity contribution >= 4 is 27.0 Å². The van der Waals surface area contributed by atoms with Gasteiger partial charge < -0.3 is 13.7 Å². The minimum absolute atomic E-state index is 0.0114. The molecule has 3 heterocycles. The molecule has 1 saturated heterocycles. The van der Waals surface area contributed by atoms with E-state index in [9.17, 15) is 18.0 Å². The van der Waals surface area contributed by atoms with E-state index >= 15 is 0 Å². The normalized spacial score (nSPS) is 18.7. The van der Waals surface area contributed by atoms with Crippen molar-refractivity contribution in [1.29, 1.82) is 0 Å². The van der Waals surface area contributed by atoms with Crippen molar-refractivity contribution < 1.29 is 26.9 Å². The molecule has 1 unspecified atom stereocenters. The molecule has 1 aromatic carbocycles. The number of hydrogen-bond acceptors (Lipinski definition) is 8. The van der Waals surface area contributed by atoms with E-state index in [2.05, 4.69) is 5.16 Å². The summed E-state index contributed by atoms with van der Waals surface area (Å²) in [6, 6.07) is 4.26. The van der Waals surface area contributed by atoms with Gasteiger partial charge in [-0.05, 0) is 69.2 Å². The number of benzene rings is 1. The van der Waals surface area contributed by atoms with Crippen LogP contribution in [0.4, 0.5) is 0 Å². The first-order chi connectivity index (χ1) is 15.8. The van der Waals surface area contributed by atoms with Gasteiger partial charge in [-0.25, -0.2) is 13.2 Å². The standard InChI is InChI=1S/C23H24N2O7S/c1-13-22(14(2)32-24-13)33(28,29)25-8-4-7-19(25)23(27)30-12-17-11-21(26)31-20-10-16-6-3-5-15(16)9-18(17)20/h9-11,19H,3-8,12H2,1-2H3. The summed E-state index contributed by atoms with van der Waals surface area (Å²) < 4.78 is 43.5. The van der Waals surface area contributed by atoms with Crippen LogP contribution in [0.5, 0.6) is 0 Å². The van der Waals surface area contributed by atoms with Crippen LogP contribution in [0.3, 0.4) is 0 Å². The molecule has 2 aromatic heterocycles. The number of ether oxygens (including phenoxy) is 1. The Morgan fingerprint density at radius 2 is 1.94 bits per heavy atom. The molecule has 1 aliphatic heterocycles. The van der Waals surface area contributed by atoms with Gasteiger partial charge in [0.25, 0.3) is 0 Å². The smallest absolute Gasteiger partial charge is 0.336 e. The fraction of sp³-hybridized carbons (Fsp3) is 0.435. The maximum atomic E-state index is 13.2. The van der Waals surface area contributed by atoms with Gasteiger partial charge in [0.15, 0.2) is 5.76 Å². The number of fused-ring (bicyclic) bond motifs is 2. The third-order valence-corrected chi connectivity index (χ3v) is 8.58. The molecule has 0 saturated carbocycles. The average Bonchev–Trinajstić information content (AvgIpc) is 3.50. The third kappa shape index (κ3) is 3.76. The van der Waals surface area contributed by atoms with E-state index in [1.807, 2.05) is 12.1 Å². The first-order valence-corrected chi connectivity index (χ1v) is 12.4. The number of rotatable bonds is 5. The molecule has 3 aromatic rings. The van der Waals surface area contributed by atoms with Crippen LogP contribution in [-0.4, -0.2) is 36.4 Å². The fourth-order valence-corrected chi connectivity index (χ4v) is 6.82. The van der Waals surface area contributed by atoms with Gasteiger partial charge in [-0.15, -0.1) is 0 Å². The van der Waals surface area contributed by atoms with E-state index in [0.717, 1.165) is 29.0 Å². The quantitative estimate of drug-likeness (QED) is 0.411. The largest absolute Gasteiger partial charge is 0.460 e. The Hall–Kier alpha value is -2.98. The molecular weight excluding hydrogens is 448 g/mol. The zero-order chi connectivity index (χ0) is 23.3. The molecule has 1 atom stereocenters. The molecule has 0 spiro atoms. The van der Waals surface area contributed by atoms with Crippen molar-refractivity contribution in [3.63, 3.8) is 0 Å². The maximum absolute atomic E-state index is 13.2. The van der Waals surface area contributed by atoms with Crippen molar-refractivity contribution in [3.05, 3.63) is 56.8 Å². The molecule has 2 aliphatic rings. The van der Waals surface area contributed by atoms with Crippen molar-refractivity contribution in [2.45, 2.75) is 63.5 Å². The Kier molecular flexibility index (Phi) is 5.37. The SMILES string of the molecule is Cc1noc(C)c1S(=O)(=O)N1CCCC1C(=O)OCc1cc(=O)oc2cc3c(cc12)CCC3. The Morgan fingerprint density at radius 1 is 1.18 bits per heavy atom. The second-order valence-electron chi connectivity index (χ2n) is 8.60. The van der Waals surface area contributed by atoms with Crippen LogP contribution in [0.15, 0.2) is 36.8 Å². The highest BCUT2D eigenvalue weighted by molar-refractivity contribution is 7.89. The third-order valence-electron chi connectivity index (χ3n) is 6.42. The molecule has 9 nitrogen and oxygen atoms in total. The summed E-state index contributed by atoms with van der Waals surface area (Å²) in [4.78, 5) is 25.0. The first-order valence-electron chi connectivity index (χ1n) is 11.0. The van der Waals surface area contributed by atoms with Crippen LogP contribution in [0.1, 0.15) is 47.4 Å². The maximum Gasteiger partial charge on any atom is 0.336 e. The van der Waals surface area contributed by atoms with Gasteiger partial charge in [0, 0.05) is 23.6 Å². The Balaban J connectivity index is 1.39. The van der Waals surface area contributed by atoms with Gasteiger partial charge in [0.05, 0.1) is 0 Å². The topological polar surface area (TPSA) is 120 Å². The molecule has 0 N–H and O–H groups in total. The van der Waals surface area contributed by atoms with Crippen LogP contribution in [-0.2, 0) is 39.0 Å². The molecule has 10 heteroatoms. The highest BCUT2D eigenvalue weighted by Crippen LogP contribution is 2.31. The second kappa shape index (κ2) is 8.11. The van der Waals surface area contributed by atoms with E-state index in [0.29, 0.717) is 24.0 Å². The molecule has 0 radical (unpaired) electrons. The van der Waals surface area contributed by atoms with E-state index in [4.69, 9.17) is 13.7 Å². The lowest BCUT2D eigenvalue weighted by atomic mass is 10.0. The zero-order valence-electron chi connectivity index (χ0n) is 18.4. The number of aromatic nitrogens is 1. The van der Waals surface area contributed by atoms with Crippen LogP contribution in [0.2, 0.25) is 0 Å². The molecule has 5 rings (SSSR count). The molecule has 0 amide bonds. The molecule has 1 fully saturated rings. The van der Waals surface area contributed by atoms with E-state index in [1.165, 1.54) is 24.1 Å². The van der Waals surface area contributed by atoms with E-state index in [-0.39, 0.29) is 29.5 Å². The minimum Gasteiger partial charge on any atom is -0.460 e. The lowest BCUT2D eigenvalue weighted by Crippen LogP contribution is -2.41. The van der Waals surface area contributed by atoms with Gasteiger partial charge in [0.1, 0.15) is 28.8 Å². The molecule has 174 valence electrons. The first kappa shape index (κ1) is 21.8. The number of nitrogens with zero attached hydrogens (tertiary/aromatic N) is 2. The second-order valence-corrected chi connectivity index (χ2v) is 10.4. The van der Waals surface area contributed by atoms with Crippen molar-refractivity contribution in [2.75, 3.05) is 6.54 Å². The Morgan fingerprint density at radius 3 is 2.67 bits per heavy atom. The molecule has 0 bridgehead atoms. The van der Waals surface area contributed by atoms with Gasteiger partial charge in [-0.3, -0.25) is 4.79 Å². The summed E-state index contributed by atoms with van der Waals surface area (Å²) in [6.45, 7) is 3.14. The number of aryl methyl sites for hydroxylation is 4. The Labute approximate surface area is 190 Å². The number of sulfonamides is 1. The number of hydrogen-bond donors (Lipinski definition) is 0. The number of carbonyl (C=O) groups excluding carboxylic acids is 1. The number of esters is 1. The molecular formula is C23H24N2O7S. The predicted octanol–water partition coefficient (Wildman–Crippen LogP) is 2.78. The van der Waals surface area contributed by atoms with Gasteiger partial charge in [0.2, 0.25) is 10.0 Å². The minimum atomic E-state index is -3.97. The molecule has 1 aliphatic carbocycles. The van der Waals surface area contributed by atoms with E-state index in [1.54, 1.807) is 6.92 Å². The van der Waals surface area contributed by atoms with Gasteiger partial charge in [-0.1, -0.05) is 5.16 Å². The lowest BCUT2D eigenvalue weighted by molar-refractivity contribution is -0.148. The fourth-order valence-electron chi connectivity index (χ4n) is 4.88. The van der Waals surface area contributed by atoms with Crippen LogP contribution in [0, 0.1) is 13.8 Å². The van der Waals surface area contributed by atoms with Crippen LogP contribution in [0.25, 0.3) is 11.0 Å². The van der Waals surface area contributed by atoms with Gasteiger partial charge >= 0.3 is 11.6 Å². The average molecular weight is 473 g/mol. The summed E-state index contributed by atoms with van der Waals surface area (Å²) in [5, 5.41) is 4.46. The summed E-state index contributed by atoms with van der Waals surface area (Å²) >= 11 is 0. The monoisotopic (exact) mass is 472 g/mol. The summed E-state index contributed by atoms with van der Waals surface area (Å²) in [5.74, 6) is -0.466.